The first-order valence-electron chi connectivity index (χ1n) is 14.6. The highest BCUT2D eigenvalue weighted by atomic mass is 32.1. The molecule has 3 saturated heterocycles. The standard InChI is InChI=1S/C30H42N6O5S/c1-30(2,3)15-22(28(39)36-16-21(31)26-25(36)24(37)17-41-26)32-27(38)20-7-5-19(6-8-20)23-18-42-29(33-23)35-11-9-34(10-12-35)13-14-40-4/h5-8,18,21-22,25-26H,9-17,31H2,1-4H3,(H,32,38)/t21-,22?,25+,26+/m0/s1. The highest BCUT2D eigenvalue weighted by molar-refractivity contribution is 7.14. The SMILES string of the molecule is COCCN1CCN(c2nc(-c3ccc(C(=O)NC(CC(C)(C)C)C(=O)N4C[C@H](N)[C@H]5OCC(=O)[C@H]54)cc3)cs2)CC1. The summed E-state index contributed by atoms with van der Waals surface area (Å²) in [5.74, 6) is -0.790. The third kappa shape index (κ3) is 6.84. The molecule has 0 bridgehead atoms. The van der Waals surface area contributed by atoms with E-state index in [9.17, 15) is 14.4 Å². The first-order chi connectivity index (χ1) is 20.0. The van der Waals surface area contributed by atoms with Gasteiger partial charge in [-0.15, -0.1) is 11.3 Å². The highest BCUT2D eigenvalue weighted by Gasteiger charge is 2.52. The average molecular weight is 599 g/mol. The second-order valence-corrected chi connectivity index (χ2v) is 13.4. The molecule has 3 N–H and O–H groups in total. The molecule has 4 atom stereocenters. The number of ether oxygens (including phenoxy) is 2. The molecule has 0 spiro atoms. The third-order valence-electron chi connectivity index (χ3n) is 8.12. The number of ketones is 1. The summed E-state index contributed by atoms with van der Waals surface area (Å²) in [5, 5.41) is 5.98. The molecule has 228 valence electrons. The van der Waals surface area contributed by atoms with Gasteiger partial charge in [0.05, 0.1) is 18.3 Å². The van der Waals surface area contributed by atoms with Crippen LogP contribution in [0.2, 0.25) is 0 Å². The van der Waals surface area contributed by atoms with E-state index in [4.69, 9.17) is 20.2 Å². The van der Waals surface area contributed by atoms with E-state index in [1.54, 1.807) is 30.6 Å². The van der Waals surface area contributed by atoms with Crippen LogP contribution in [0.3, 0.4) is 0 Å². The highest BCUT2D eigenvalue weighted by Crippen LogP contribution is 2.30. The quantitative estimate of drug-likeness (QED) is 0.442. The lowest BCUT2D eigenvalue weighted by Crippen LogP contribution is -2.53. The van der Waals surface area contributed by atoms with E-state index in [1.807, 2.05) is 38.3 Å². The maximum atomic E-state index is 13.7. The minimum absolute atomic E-state index is 0.0402. The molecule has 1 aromatic carbocycles. The number of nitrogens with zero attached hydrogens (tertiary/aromatic N) is 4. The van der Waals surface area contributed by atoms with Gasteiger partial charge in [0, 0.05) is 62.9 Å². The number of piperazine rings is 1. The Morgan fingerprint density at radius 1 is 1.19 bits per heavy atom. The molecule has 0 saturated carbocycles. The third-order valence-corrected chi connectivity index (χ3v) is 9.02. The number of aromatic nitrogens is 1. The Morgan fingerprint density at radius 2 is 1.90 bits per heavy atom. The largest absolute Gasteiger partial charge is 0.383 e. The molecule has 5 rings (SSSR count). The molecule has 3 aliphatic rings. The summed E-state index contributed by atoms with van der Waals surface area (Å²) >= 11 is 1.62. The Balaban J connectivity index is 1.23. The fraction of sp³-hybridized carbons (Fsp3) is 0.600. The Kier molecular flexibility index (Phi) is 9.28. The number of hydrogen-bond acceptors (Lipinski definition) is 10. The smallest absolute Gasteiger partial charge is 0.251 e. The number of carbonyl (C=O) groups excluding carboxylic acids is 3. The zero-order chi connectivity index (χ0) is 30.0. The molecule has 4 heterocycles. The van der Waals surface area contributed by atoms with E-state index in [2.05, 4.69) is 15.1 Å². The van der Waals surface area contributed by atoms with Crippen LogP contribution in [0.25, 0.3) is 11.3 Å². The number of carbonyl (C=O) groups is 3. The second-order valence-electron chi connectivity index (χ2n) is 12.5. The minimum atomic E-state index is -0.799. The first kappa shape index (κ1) is 30.6. The monoisotopic (exact) mass is 598 g/mol. The van der Waals surface area contributed by atoms with Crippen molar-refractivity contribution >= 4 is 34.1 Å². The number of benzene rings is 1. The predicted molar refractivity (Wildman–Crippen MR) is 162 cm³/mol. The van der Waals surface area contributed by atoms with Gasteiger partial charge >= 0.3 is 0 Å². The van der Waals surface area contributed by atoms with Gasteiger partial charge < -0.3 is 30.3 Å². The topological polar surface area (TPSA) is 130 Å². The zero-order valence-corrected chi connectivity index (χ0v) is 25.7. The molecule has 0 aliphatic carbocycles. The summed E-state index contributed by atoms with van der Waals surface area (Å²) in [4.78, 5) is 50.6. The van der Waals surface area contributed by atoms with Gasteiger partial charge in [0.25, 0.3) is 5.91 Å². The van der Waals surface area contributed by atoms with Gasteiger partial charge in [-0.05, 0) is 24.0 Å². The number of nitrogens with one attached hydrogen (secondary N) is 1. The number of rotatable bonds is 9. The molecule has 0 radical (unpaired) electrons. The molecule has 12 heteroatoms. The number of fused-ring (bicyclic) bond motifs is 1. The lowest BCUT2D eigenvalue weighted by atomic mass is 9.87. The Bertz CT molecular complexity index is 1270. The molecular formula is C30H42N6O5S. The number of nitrogens with two attached hydrogens (primary N) is 1. The van der Waals surface area contributed by atoms with Crippen molar-refractivity contribution in [3.8, 4) is 11.3 Å². The number of hydrogen-bond donors (Lipinski definition) is 2. The van der Waals surface area contributed by atoms with Gasteiger partial charge in [-0.1, -0.05) is 32.9 Å². The number of methoxy groups -OCH3 is 1. The van der Waals surface area contributed by atoms with Gasteiger partial charge in [-0.2, -0.15) is 0 Å². The van der Waals surface area contributed by atoms with E-state index >= 15 is 0 Å². The van der Waals surface area contributed by atoms with Crippen molar-refractivity contribution in [2.45, 2.75) is 51.4 Å². The van der Waals surface area contributed by atoms with Crippen LogP contribution in [0.15, 0.2) is 29.6 Å². The zero-order valence-electron chi connectivity index (χ0n) is 24.9. The van der Waals surface area contributed by atoms with Crippen LogP contribution < -0.4 is 16.0 Å². The summed E-state index contributed by atoms with van der Waals surface area (Å²) in [6.45, 7) is 11.7. The molecule has 3 fully saturated rings. The summed E-state index contributed by atoms with van der Waals surface area (Å²) < 4.78 is 10.7. The van der Waals surface area contributed by atoms with Crippen molar-refractivity contribution in [3.63, 3.8) is 0 Å². The fourth-order valence-corrected chi connectivity index (χ4v) is 6.78. The summed E-state index contributed by atoms with van der Waals surface area (Å²) in [7, 11) is 1.73. The van der Waals surface area contributed by atoms with Crippen LogP contribution in [0.1, 0.15) is 37.6 Å². The number of amides is 2. The summed E-state index contributed by atoms with van der Waals surface area (Å²) in [5.41, 5.74) is 8.18. The van der Waals surface area contributed by atoms with Gasteiger partial charge in [-0.3, -0.25) is 19.3 Å². The number of anilines is 1. The van der Waals surface area contributed by atoms with Crippen LogP contribution in [0.4, 0.5) is 5.13 Å². The molecule has 11 nitrogen and oxygen atoms in total. The van der Waals surface area contributed by atoms with Gasteiger partial charge in [0.15, 0.2) is 10.9 Å². The van der Waals surface area contributed by atoms with Crippen molar-refractivity contribution in [3.05, 3.63) is 35.2 Å². The normalized spacial score (nSPS) is 23.7. The molecule has 1 unspecified atom stereocenters. The minimum Gasteiger partial charge on any atom is -0.383 e. The summed E-state index contributed by atoms with van der Waals surface area (Å²) in [6, 6.07) is 5.37. The van der Waals surface area contributed by atoms with E-state index in [0.717, 1.165) is 55.7 Å². The molecule has 42 heavy (non-hydrogen) atoms. The lowest BCUT2D eigenvalue weighted by molar-refractivity contribution is -0.138. The predicted octanol–water partition coefficient (Wildman–Crippen LogP) is 1.62. The Hall–Kier alpha value is -2.90. The maximum Gasteiger partial charge on any atom is 0.251 e. The molecule has 2 aromatic rings. The van der Waals surface area contributed by atoms with Crippen molar-refractivity contribution in [1.29, 1.82) is 0 Å². The molecule has 2 amide bonds. The summed E-state index contributed by atoms with van der Waals surface area (Å²) in [6.07, 6.45) is -0.0764. The van der Waals surface area contributed by atoms with E-state index in [-0.39, 0.29) is 36.2 Å². The Labute approximate surface area is 251 Å². The van der Waals surface area contributed by atoms with Crippen LogP contribution in [-0.4, -0.2) is 116 Å². The van der Waals surface area contributed by atoms with Crippen molar-refractivity contribution in [2.75, 3.05) is 64.5 Å². The van der Waals surface area contributed by atoms with Crippen molar-refractivity contribution in [1.82, 2.24) is 20.1 Å². The van der Waals surface area contributed by atoms with E-state index < -0.39 is 24.2 Å². The van der Waals surface area contributed by atoms with Gasteiger partial charge in [0.1, 0.15) is 24.8 Å². The number of thiazole rings is 1. The average Bonchev–Trinajstić information content (AvgIpc) is 3.69. The molecule has 3 aliphatic heterocycles. The van der Waals surface area contributed by atoms with Crippen LogP contribution in [0.5, 0.6) is 0 Å². The second kappa shape index (κ2) is 12.8. The first-order valence-corrected chi connectivity index (χ1v) is 15.5. The number of Topliss-reactive ketones (excluding diaryl/α,β-unsaturated/α-hetero) is 1. The van der Waals surface area contributed by atoms with E-state index in [1.165, 1.54) is 4.90 Å². The van der Waals surface area contributed by atoms with Crippen molar-refractivity contribution < 1.29 is 23.9 Å². The molecule has 1 aromatic heterocycles. The van der Waals surface area contributed by atoms with Crippen LogP contribution in [-0.2, 0) is 19.1 Å². The fourth-order valence-electron chi connectivity index (χ4n) is 5.89. The molecular weight excluding hydrogens is 556 g/mol. The van der Waals surface area contributed by atoms with E-state index in [0.29, 0.717) is 12.0 Å². The number of likely N-dealkylation sites (tertiary alicyclic amines) is 1. The van der Waals surface area contributed by atoms with Gasteiger partial charge in [0.2, 0.25) is 5.91 Å². The Morgan fingerprint density at radius 3 is 2.57 bits per heavy atom. The van der Waals surface area contributed by atoms with Gasteiger partial charge in [-0.25, -0.2) is 4.98 Å². The van der Waals surface area contributed by atoms with Crippen LogP contribution >= 0.6 is 11.3 Å². The van der Waals surface area contributed by atoms with Crippen molar-refractivity contribution in [2.24, 2.45) is 11.1 Å². The lowest BCUT2D eigenvalue weighted by Gasteiger charge is -2.34. The maximum absolute atomic E-state index is 13.7. The van der Waals surface area contributed by atoms with Crippen LogP contribution in [0, 0.1) is 5.41 Å².